The first-order valence-corrected chi connectivity index (χ1v) is 13.1. The van der Waals surface area contributed by atoms with Gasteiger partial charge in [-0.1, -0.05) is 90.4 Å². The van der Waals surface area contributed by atoms with Crippen LogP contribution in [0.5, 0.6) is 0 Å². The number of aromatic carboxylic acids is 1. The van der Waals surface area contributed by atoms with Crippen LogP contribution in [0.3, 0.4) is 0 Å². The lowest BCUT2D eigenvalue weighted by Gasteiger charge is -2.18. The first-order valence-electron chi connectivity index (χ1n) is 11.9. The lowest BCUT2D eigenvalue weighted by molar-refractivity contribution is -0.115. The number of hydrogen-bond donors (Lipinski definition) is 2. The topological polar surface area (TPSA) is 103 Å². The van der Waals surface area contributed by atoms with Gasteiger partial charge >= 0.3 is 5.97 Å². The summed E-state index contributed by atoms with van der Waals surface area (Å²) < 4.78 is 0. The largest absolute Gasteiger partial charge is 0.478 e. The van der Waals surface area contributed by atoms with Gasteiger partial charge in [0.2, 0.25) is 5.91 Å². The number of carboxylic acids is 1. The summed E-state index contributed by atoms with van der Waals surface area (Å²) in [5.41, 5.74) is 4.93. The third-order valence-corrected chi connectivity index (χ3v) is 7.59. The number of aryl methyl sites for hydroxylation is 1. The van der Waals surface area contributed by atoms with Crippen LogP contribution in [0.1, 0.15) is 34.8 Å². The van der Waals surface area contributed by atoms with Crippen molar-refractivity contribution in [2.75, 3.05) is 5.32 Å². The van der Waals surface area contributed by atoms with Crippen molar-refractivity contribution in [1.82, 2.24) is 4.98 Å². The Morgan fingerprint density at radius 3 is 2.39 bits per heavy atom. The molecule has 0 spiro atoms. The van der Waals surface area contributed by atoms with Gasteiger partial charge in [0.05, 0.1) is 27.1 Å². The lowest BCUT2D eigenvalue weighted by Crippen LogP contribution is -2.25. The molecule has 0 radical (unpaired) electrons. The van der Waals surface area contributed by atoms with E-state index in [4.69, 9.17) is 16.6 Å². The Balaban J connectivity index is 1.73. The molecule has 4 rings (SSSR count). The average Bonchev–Trinajstić information content (AvgIpc) is 2.93. The summed E-state index contributed by atoms with van der Waals surface area (Å²) >= 11 is 7.17. The first kappa shape index (κ1) is 26.9. The summed E-state index contributed by atoms with van der Waals surface area (Å²) in [7, 11) is 0. The molecule has 1 heterocycles. The maximum atomic E-state index is 13.2. The van der Waals surface area contributed by atoms with Crippen LogP contribution < -0.4 is 5.32 Å². The maximum absolute atomic E-state index is 13.2. The van der Waals surface area contributed by atoms with Crippen LogP contribution in [0.4, 0.5) is 5.69 Å². The Hall–Kier alpha value is -4.12. The molecule has 1 aromatic heterocycles. The molecule has 0 aliphatic heterocycles. The maximum Gasteiger partial charge on any atom is 0.337 e. The van der Waals surface area contributed by atoms with Gasteiger partial charge in [0.15, 0.2) is 0 Å². The zero-order chi connectivity index (χ0) is 27.2. The van der Waals surface area contributed by atoms with E-state index in [-0.39, 0.29) is 16.5 Å². The second kappa shape index (κ2) is 12.0. The Morgan fingerprint density at radius 2 is 1.76 bits per heavy atom. The number of nitrogens with zero attached hydrogens (tertiary/aromatic N) is 2. The van der Waals surface area contributed by atoms with E-state index in [1.807, 2.05) is 74.5 Å². The number of rotatable bonds is 8. The van der Waals surface area contributed by atoms with Crippen molar-refractivity contribution >= 4 is 40.9 Å². The van der Waals surface area contributed by atoms with Crippen LogP contribution in [0.15, 0.2) is 83.9 Å². The Kier molecular flexibility index (Phi) is 8.47. The summed E-state index contributed by atoms with van der Waals surface area (Å²) in [6.07, 6.45) is 0.456. The van der Waals surface area contributed by atoms with Crippen LogP contribution in [-0.4, -0.2) is 27.2 Å². The molecular weight excluding hydrogens is 518 g/mol. The number of carbonyl (C=O) groups excluding carboxylic acids is 1. The number of hydrogen-bond acceptors (Lipinski definition) is 5. The number of halogens is 1. The number of carbonyl (C=O) groups is 2. The highest BCUT2D eigenvalue weighted by Crippen LogP contribution is 2.37. The minimum atomic E-state index is -1.18. The molecule has 1 atom stereocenters. The van der Waals surface area contributed by atoms with Crippen LogP contribution >= 0.6 is 23.4 Å². The molecule has 38 heavy (non-hydrogen) atoms. The van der Waals surface area contributed by atoms with E-state index in [1.165, 1.54) is 23.9 Å². The standard InChI is InChI=1S/C30H24ClN3O3S/c1-3-27(28(35)33-21-13-14-25(31)23(15-21)30(36)37)38-29-24(17-32)22(19-11-9-18(2)10-12-19)16-26(34-29)20-7-5-4-6-8-20/h4-16,27H,3H2,1-2H3,(H,33,35)(H,36,37). The number of amides is 1. The third-order valence-electron chi connectivity index (χ3n) is 5.91. The fourth-order valence-electron chi connectivity index (χ4n) is 3.88. The molecule has 0 aliphatic carbocycles. The predicted molar refractivity (Wildman–Crippen MR) is 152 cm³/mol. The molecule has 4 aromatic rings. The van der Waals surface area contributed by atoms with E-state index in [9.17, 15) is 20.0 Å². The third kappa shape index (κ3) is 6.05. The van der Waals surface area contributed by atoms with Crippen molar-refractivity contribution in [3.05, 3.63) is 101 Å². The summed E-state index contributed by atoms with van der Waals surface area (Å²) in [5.74, 6) is -1.51. The van der Waals surface area contributed by atoms with Crippen LogP contribution in [-0.2, 0) is 4.79 Å². The molecule has 1 amide bonds. The number of benzene rings is 3. The van der Waals surface area contributed by atoms with Gasteiger partial charge in [-0.2, -0.15) is 5.26 Å². The summed E-state index contributed by atoms with van der Waals surface area (Å²) in [4.78, 5) is 29.5. The van der Waals surface area contributed by atoms with Crippen LogP contribution in [0.25, 0.3) is 22.4 Å². The zero-order valence-corrected chi connectivity index (χ0v) is 22.3. The SMILES string of the molecule is CCC(Sc1nc(-c2ccccc2)cc(-c2ccc(C)cc2)c1C#N)C(=O)Nc1ccc(Cl)c(C(=O)O)c1. The number of nitrogens with one attached hydrogen (secondary N) is 1. The van der Waals surface area contributed by atoms with Crippen molar-refractivity contribution in [1.29, 1.82) is 5.26 Å². The van der Waals surface area contributed by atoms with Crippen LogP contribution in [0.2, 0.25) is 5.02 Å². The molecule has 8 heteroatoms. The Bertz CT molecular complexity index is 1530. The minimum Gasteiger partial charge on any atom is -0.478 e. The number of nitriles is 1. The molecular formula is C30H24ClN3O3S. The second-order valence-electron chi connectivity index (χ2n) is 8.58. The molecule has 1 unspecified atom stereocenters. The monoisotopic (exact) mass is 541 g/mol. The van der Waals surface area contributed by atoms with E-state index in [1.54, 1.807) is 6.07 Å². The van der Waals surface area contributed by atoms with Crippen LogP contribution in [0, 0.1) is 18.3 Å². The van der Waals surface area contributed by atoms with E-state index >= 15 is 0 Å². The van der Waals surface area contributed by atoms with Gasteiger partial charge in [-0.25, -0.2) is 9.78 Å². The summed E-state index contributed by atoms with van der Waals surface area (Å²) in [5, 5.41) is 22.2. The van der Waals surface area contributed by atoms with Crippen molar-refractivity contribution in [2.24, 2.45) is 0 Å². The molecule has 0 saturated carbocycles. The molecule has 0 fully saturated rings. The molecule has 0 bridgehead atoms. The highest BCUT2D eigenvalue weighted by Gasteiger charge is 2.24. The van der Waals surface area contributed by atoms with Crippen molar-refractivity contribution in [2.45, 2.75) is 30.5 Å². The molecule has 3 aromatic carbocycles. The smallest absolute Gasteiger partial charge is 0.337 e. The fourth-order valence-corrected chi connectivity index (χ4v) is 5.10. The van der Waals surface area contributed by atoms with Gasteiger partial charge in [0.25, 0.3) is 0 Å². The number of thioether (sulfide) groups is 1. The van der Waals surface area contributed by atoms with E-state index in [0.717, 1.165) is 22.3 Å². The number of aromatic nitrogens is 1. The molecule has 6 nitrogen and oxygen atoms in total. The molecule has 2 N–H and O–H groups in total. The van der Waals surface area contributed by atoms with E-state index in [0.29, 0.717) is 28.4 Å². The predicted octanol–water partition coefficient (Wildman–Crippen LogP) is 7.46. The second-order valence-corrected chi connectivity index (χ2v) is 10.2. The molecule has 190 valence electrons. The Morgan fingerprint density at radius 1 is 1.05 bits per heavy atom. The number of carboxylic acid groups (broad SMARTS) is 1. The van der Waals surface area contributed by atoms with E-state index < -0.39 is 11.2 Å². The summed E-state index contributed by atoms with van der Waals surface area (Å²) in [6.45, 7) is 3.87. The summed E-state index contributed by atoms with van der Waals surface area (Å²) in [6, 6.07) is 26.1. The van der Waals surface area contributed by atoms with Gasteiger partial charge in [-0.05, 0) is 43.2 Å². The number of pyridine rings is 1. The fraction of sp³-hybridized carbons (Fsp3) is 0.133. The van der Waals surface area contributed by atoms with Crippen molar-refractivity contribution in [3.8, 4) is 28.5 Å². The number of anilines is 1. The van der Waals surface area contributed by atoms with Crippen molar-refractivity contribution in [3.63, 3.8) is 0 Å². The average molecular weight is 542 g/mol. The zero-order valence-electron chi connectivity index (χ0n) is 20.7. The normalized spacial score (nSPS) is 11.4. The lowest BCUT2D eigenvalue weighted by atomic mass is 9.98. The minimum absolute atomic E-state index is 0.0844. The van der Waals surface area contributed by atoms with Gasteiger partial charge < -0.3 is 10.4 Å². The quantitative estimate of drug-likeness (QED) is 0.224. The highest BCUT2D eigenvalue weighted by atomic mass is 35.5. The Labute approximate surface area is 230 Å². The van der Waals surface area contributed by atoms with Gasteiger partial charge in [0, 0.05) is 16.8 Å². The highest BCUT2D eigenvalue weighted by molar-refractivity contribution is 8.00. The van der Waals surface area contributed by atoms with Gasteiger partial charge in [0.1, 0.15) is 11.1 Å². The van der Waals surface area contributed by atoms with Gasteiger partial charge in [-0.3, -0.25) is 4.79 Å². The molecule has 0 aliphatic rings. The van der Waals surface area contributed by atoms with E-state index in [2.05, 4.69) is 11.4 Å². The molecule has 0 saturated heterocycles. The van der Waals surface area contributed by atoms with Crippen molar-refractivity contribution < 1.29 is 14.7 Å². The first-order chi connectivity index (χ1) is 18.3. The van der Waals surface area contributed by atoms with Gasteiger partial charge in [-0.15, -0.1) is 0 Å².